The molecule has 0 bridgehead atoms. The van der Waals surface area contributed by atoms with Crippen LogP contribution in [0.25, 0.3) is 0 Å². The highest BCUT2D eigenvalue weighted by atomic mass is 16.3. The number of pyridine rings is 1. The van der Waals surface area contributed by atoms with E-state index in [1.807, 2.05) is 11.8 Å². The molecule has 1 rings (SSSR count). The molecule has 0 unspecified atom stereocenters. The van der Waals surface area contributed by atoms with Crippen molar-refractivity contribution in [3.05, 3.63) is 17.8 Å². The maximum atomic E-state index is 11.0. The summed E-state index contributed by atoms with van der Waals surface area (Å²) in [6.07, 6.45) is 0.621. The first-order chi connectivity index (χ1) is 8.10. The smallest absolute Gasteiger partial charge is 0.267 e. The molecule has 0 atom stereocenters. The molecule has 0 aliphatic heterocycles. The molecule has 0 saturated carbocycles. The van der Waals surface area contributed by atoms with Crippen LogP contribution < -0.4 is 16.4 Å². The zero-order valence-corrected chi connectivity index (χ0v) is 9.89. The van der Waals surface area contributed by atoms with E-state index in [9.17, 15) is 4.79 Å². The number of nitrogens with zero attached hydrogens (tertiary/aromatic N) is 2. The predicted molar refractivity (Wildman–Crippen MR) is 66.8 cm³/mol. The second kappa shape index (κ2) is 6.05. The van der Waals surface area contributed by atoms with Gasteiger partial charge in [-0.15, -0.1) is 0 Å². The third-order valence-electron chi connectivity index (χ3n) is 2.43. The molecule has 17 heavy (non-hydrogen) atoms. The van der Waals surface area contributed by atoms with Crippen molar-refractivity contribution in [2.45, 2.75) is 13.3 Å². The molecular formula is C11H18N4O2. The van der Waals surface area contributed by atoms with Gasteiger partial charge in [-0.3, -0.25) is 4.79 Å². The number of aliphatic hydroxyl groups excluding tert-OH is 1. The maximum absolute atomic E-state index is 11.0. The van der Waals surface area contributed by atoms with E-state index in [0.717, 1.165) is 0 Å². The molecule has 6 heteroatoms. The second-order valence-electron chi connectivity index (χ2n) is 3.63. The Morgan fingerprint density at radius 3 is 2.76 bits per heavy atom. The SMILES string of the molecule is CCN(CCCO)c1nc(C(N)=O)ccc1N. The molecule has 1 heterocycles. The van der Waals surface area contributed by atoms with E-state index >= 15 is 0 Å². The summed E-state index contributed by atoms with van der Waals surface area (Å²) in [5.74, 6) is -0.0401. The van der Waals surface area contributed by atoms with Crippen LogP contribution in [0.4, 0.5) is 11.5 Å². The van der Waals surface area contributed by atoms with Crippen molar-refractivity contribution in [1.29, 1.82) is 0 Å². The van der Waals surface area contributed by atoms with Crippen LogP contribution in [0.2, 0.25) is 0 Å². The molecule has 0 fully saturated rings. The van der Waals surface area contributed by atoms with E-state index in [-0.39, 0.29) is 12.3 Å². The lowest BCUT2D eigenvalue weighted by molar-refractivity contribution is 0.0995. The van der Waals surface area contributed by atoms with Crippen molar-refractivity contribution in [2.24, 2.45) is 5.73 Å². The molecule has 1 aromatic rings. The number of primary amides is 1. The van der Waals surface area contributed by atoms with Gasteiger partial charge >= 0.3 is 0 Å². The van der Waals surface area contributed by atoms with Gasteiger partial charge in [-0.05, 0) is 25.5 Å². The molecule has 5 N–H and O–H groups in total. The van der Waals surface area contributed by atoms with Crippen LogP contribution in [0.3, 0.4) is 0 Å². The fourth-order valence-corrected chi connectivity index (χ4v) is 1.53. The van der Waals surface area contributed by atoms with Gasteiger partial charge in [-0.1, -0.05) is 0 Å². The lowest BCUT2D eigenvalue weighted by Crippen LogP contribution is -2.27. The Balaban J connectivity index is 3.00. The van der Waals surface area contributed by atoms with Gasteiger partial charge < -0.3 is 21.5 Å². The molecule has 0 aliphatic rings. The summed E-state index contributed by atoms with van der Waals surface area (Å²) in [6, 6.07) is 3.12. The monoisotopic (exact) mass is 238 g/mol. The third-order valence-corrected chi connectivity index (χ3v) is 2.43. The van der Waals surface area contributed by atoms with Crippen LogP contribution in [0.1, 0.15) is 23.8 Å². The number of aromatic nitrogens is 1. The first-order valence-corrected chi connectivity index (χ1v) is 5.52. The number of rotatable bonds is 6. The lowest BCUT2D eigenvalue weighted by atomic mass is 10.2. The number of nitrogens with two attached hydrogens (primary N) is 2. The molecule has 0 spiro atoms. The number of carbonyl (C=O) groups is 1. The first kappa shape index (κ1) is 13.2. The summed E-state index contributed by atoms with van der Waals surface area (Å²) in [7, 11) is 0. The summed E-state index contributed by atoms with van der Waals surface area (Å²) in [4.78, 5) is 17.1. The van der Waals surface area contributed by atoms with Crippen LogP contribution in [-0.4, -0.2) is 35.7 Å². The zero-order valence-electron chi connectivity index (χ0n) is 9.89. The molecular weight excluding hydrogens is 220 g/mol. The van der Waals surface area contributed by atoms with E-state index in [0.29, 0.717) is 31.0 Å². The summed E-state index contributed by atoms with van der Waals surface area (Å²) in [5.41, 5.74) is 11.7. The first-order valence-electron chi connectivity index (χ1n) is 5.52. The summed E-state index contributed by atoms with van der Waals surface area (Å²) >= 11 is 0. The Hall–Kier alpha value is -1.82. The molecule has 0 aliphatic carbocycles. The lowest BCUT2D eigenvalue weighted by Gasteiger charge is -2.23. The highest BCUT2D eigenvalue weighted by Gasteiger charge is 2.12. The second-order valence-corrected chi connectivity index (χ2v) is 3.63. The van der Waals surface area contributed by atoms with Gasteiger partial charge in [0.15, 0.2) is 5.82 Å². The normalized spacial score (nSPS) is 10.2. The topological polar surface area (TPSA) is 105 Å². The highest BCUT2D eigenvalue weighted by Crippen LogP contribution is 2.20. The molecule has 0 saturated heterocycles. The van der Waals surface area contributed by atoms with Gasteiger partial charge in [-0.25, -0.2) is 4.98 Å². The van der Waals surface area contributed by atoms with Gasteiger partial charge in [-0.2, -0.15) is 0 Å². The number of aliphatic hydroxyl groups is 1. The number of anilines is 2. The summed E-state index contributed by atoms with van der Waals surface area (Å²) in [5, 5.41) is 8.82. The molecule has 1 amide bonds. The van der Waals surface area contributed by atoms with Gasteiger partial charge in [0.25, 0.3) is 5.91 Å². The van der Waals surface area contributed by atoms with Crippen molar-refractivity contribution in [3.63, 3.8) is 0 Å². The van der Waals surface area contributed by atoms with Crippen LogP contribution in [-0.2, 0) is 0 Å². The molecule has 0 aromatic carbocycles. The standard InChI is InChI=1S/C11H18N4O2/c1-2-15(6-3-7-16)11-8(12)4-5-9(14-11)10(13)17/h4-5,16H,2-3,6-7,12H2,1H3,(H2,13,17). The minimum Gasteiger partial charge on any atom is -0.396 e. The third kappa shape index (κ3) is 3.32. The Labute approximate surface area is 100 Å². The van der Waals surface area contributed by atoms with E-state index in [2.05, 4.69) is 4.98 Å². The van der Waals surface area contributed by atoms with Crippen molar-refractivity contribution >= 4 is 17.4 Å². The Bertz CT molecular complexity index is 395. The minimum absolute atomic E-state index is 0.103. The number of hydrogen-bond acceptors (Lipinski definition) is 5. The molecule has 94 valence electrons. The van der Waals surface area contributed by atoms with Crippen molar-refractivity contribution in [3.8, 4) is 0 Å². The van der Waals surface area contributed by atoms with Crippen molar-refractivity contribution in [1.82, 2.24) is 4.98 Å². The van der Waals surface area contributed by atoms with E-state index in [1.54, 1.807) is 6.07 Å². The van der Waals surface area contributed by atoms with Gasteiger partial charge in [0.05, 0.1) is 5.69 Å². The van der Waals surface area contributed by atoms with Crippen LogP contribution >= 0.6 is 0 Å². The largest absolute Gasteiger partial charge is 0.396 e. The van der Waals surface area contributed by atoms with E-state index < -0.39 is 5.91 Å². The quantitative estimate of drug-likeness (QED) is 0.645. The van der Waals surface area contributed by atoms with Crippen LogP contribution in [0.15, 0.2) is 12.1 Å². The Morgan fingerprint density at radius 2 is 2.24 bits per heavy atom. The van der Waals surface area contributed by atoms with Crippen LogP contribution in [0, 0.1) is 0 Å². The summed E-state index contributed by atoms with van der Waals surface area (Å²) in [6.45, 7) is 3.38. The summed E-state index contributed by atoms with van der Waals surface area (Å²) < 4.78 is 0. The minimum atomic E-state index is -0.579. The Morgan fingerprint density at radius 1 is 1.53 bits per heavy atom. The molecule has 1 aromatic heterocycles. The number of carbonyl (C=O) groups excluding carboxylic acids is 1. The maximum Gasteiger partial charge on any atom is 0.267 e. The van der Waals surface area contributed by atoms with Gasteiger partial charge in [0.1, 0.15) is 5.69 Å². The molecule has 6 nitrogen and oxygen atoms in total. The predicted octanol–water partition coefficient (Wildman–Crippen LogP) is -0.0286. The fraction of sp³-hybridized carbons (Fsp3) is 0.455. The van der Waals surface area contributed by atoms with Crippen LogP contribution in [0.5, 0.6) is 0 Å². The zero-order chi connectivity index (χ0) is 12.8. The van der Waals surface area contributed by atoms with Crippen molar-refractivity contribution in [2.75, 3.05) is 30.3 Å². The average molecular weight is 238 g/mol. The number of nitrogen functional groups attached to an aromatic ring is 1. The Kier molecular flexibility index (Phi) is 4.71. The molecule has 0 radical (unpaired) electrons. The average Bonchev–Trinajstić information content (AvgIpc) is 2.31. The number of hydrogen-bond donors (Lipinski definition) is 3. The van der Waals surface area contributed by atoms with E-state index in [4.69, 9.17) is 16.6 Å². The highest BCUT2D eigenvalue weighted by molar-refractivity contribution is 5.91. The van der Waals surface area contributed by atoms with Crippen molar-refractivity contribution < 1.29 is 9.90 Å². The van der Waals surface area contributed by atoms with E-state index in [1.165, 1.54) is 6.07 Å². The fourth-order valence-electron chi connectivity index (χ4n) is 1.53. The number of amides is 1. The van der Waals surface area contributed by atoms with Gasteiger partial charge in [0.2, 0.25) is 0 Å². The van der Waals surface area contributed by atoms with Gasteiger partial charge in [0, 0.05) is 19.7 Å².